The molecule has 1 fully saturated rings. The molecule has 9 nitrogen and oxygen atoms in total. The Morgan fingerprint density at radius 1 is 1.14 bits per heavy atom. The Kier molecular flexibility index (Phi) is 4.13. The number of piperidine rings is 1. The number of anilines is 1. The normalized spacial score (nSPS) is 21.9. The summed E-state index contributed by atoms with van der Waals surface area (Å²) in [4.78, 5) is 40.4. The van der Waals surface area contributed by atoms with Gasteiger partial charge in [-0.15, -0.1) is 0 Å². The van der Waals surface area contributed by atoms with E-state index in [0.29, 0.717) is 24.3 Å². The molecule has 5 rings (SSSR count). The summed E-state index contributed by atoms with van der Waals surface area (Å²) in [7, 11) is 0. The van der Waals surface area contributed by atoms with Crippen LogP contribution >= 0.6 is 0 Å². The molecular weight excluding hydrogens is 372 g/mol. The molecule has 3 N–H and O–H groups in total. The largest absolute Gasteiger partial charge is 0.382 e. The molecule has 1 atom stereocenters. The molecule has 0 spiro atoms. The van der Waals surface area contributed by atoms with Gasteiger partial charge in [0.15, 0.2) is 0 Å². The van der Waals surface area contributed by atoms with Gasteiger partial charge in [-0.2, -0.15) is 5.10 Å². The minimum atomic E-state index is -0.580. The first kappa shape index (κ1) is 17.9. The van der Waals surface area contributed by atoms with E-state index in [4.69, 9.17) is 5.73 Å². The maximum absolute atomic E-state index is 13.0. The average Bonchev–Trinajstić information content (AvgIpc) is 3.21. The van der Waals surface area contributed by atoms with Gasteiger partial charge in [-0.1, -0.05) is 12.1 Å². The van der Waals surface area contributed by atoms with Crippen LogP contribution in [0.15, 0.2) is 24.3 Å². The Morgan fingerprint density at radius 3 is 2.83 bits per heavy atom. The quantitative estimate of drug-likeness (QED) is 0.721. The smallest absolute Gasteiger partial charge is 0.255 e. The van der Waals surface area contributed by atoms with E-state index in [1.165, 1.54) is 0 Å². The van der Waals surface area contributed by atoms with Gasteiger partial charge in [0.1, 0.15) is 11.9 Å². The maximum atomic E-state index is 13.0. The van der Waals surface area contributed by atoms with Crippen LogP contribution in [0.3, 0.4) is 0 Å². The molecule has 0 saturated carbocycles. The number of carbonyl (C=O) groups is 3. The third-order valence-electron chi connectivity index (χ3n) is 5.89. The van der Waals surface area contributed by atoms with Crippen LogP contribution in [0.2, 0.25) is 0 Å². The number of nitrogens with one attached hydrogen (secondary N) is 1. The summed E-state index contributed by atoms with van der Waals surface area (Å²) in [6.07, 6.45) is 0.639. The number of aromatic nitrogens is 2. The van der Waals surface area contributed by atoms with Crippen molar-refractivity contribution in [2.24, 2.45) is 0 Å². The minimum Gasteiger partial charge on any atom is -0.382 e. The molecule has 0 radical (unpaired) electrons. The molecule has 29 heavy (non-hydrogen) atoms. The SMILES string of the molecule is Nc1cc2n(n1)CCN(Cc1ccc3c(c1)C(=O)N(C1CCC(=O)NC1=O)C3)C2. The highest BCUT2D eigenvalue weighted by Gasteiger charge is 2.39. The molecule has 150 valence electrons. The standard InChI is InChI=1S/C20H22N6O3/c21-17-8-14-11-24(5-6-26(14)23-17)9-12-1-2-13-10-25(20(29)15(13)7-12)16-3-4-18(27)22-19(16)28/h1-2,7-8,16H,3-6,9-11H2,(H2,21,23)(H,22,27,28). The van der Waals surface area contributed by atoms with Gasteiger partial charge < -0.3 is 10.6 Å². The van der Waals surface area contributed by atoms with E-state index in [1.807, 2.05) is 28.9 Å². The number of amides is 3. The minimum absolute atomic E-state index is 0.138. The summed E-state index contributed by atoms with van der Waals surface area (Å²) < 4.78 is 1.94. The molecule has 1 aromatic carbocycles. The van der Waals surface area contributed by atoms with Crippen LogP contribution in [0.1, 0.15) is 40.0 Å². The Balaban J connectivity index is 1.30. The van der Waals surface area contributed by atoms with Gasteiger partial charge in [0.2, 0.25) is 11.8 Å². The molecule has 1 aromatic heterocycles. The zero-order chi connectivity index (χ0) is 20.1. The zero-order valence-corrected chi connectivity index (χ0v) is 15.9. The number of rotatable bonds is 3. The van der Waals surface area contributed by atoms with Gasteiger partial charge in [-0.25, -0.2) is 0 Å². The Morgan fingerprint density at radius 2 is 2.00 bits per heavy atom. The summed E-state index contributed by atoms with van der Waals surface area (Å²) in [5.74, 6) is -0.256. The molecule has 1 saturated heterocycles. The van der Waals surface area contributed by atoms with E-state index in [2.05, 4.69) is 15.3 Å². The Hall–Kier alpha value is -3.20. The van der Waals surface area contributed by atoms with Gasteiger partial charge in [-0.05, 0) is 23.6 Å². The van der Waals surface area contributed by atoms with Crippen molar-refractivity contribution >= 4 is 23.5 Å². The lowest BCUT2D eigenvalue weighted by Gasteiger charge is -2.29. The molecule has 3 aliphatic rings. The van der Waals surface area contributed by atoms with Gasteiger partial charge in [0.05, 0.1) is 12.2 Å². The highest BCUT2D eigenvalue weighted by molar-refractivity contribution is 6.05. The van der Waals surface area contributed by atoms with Gasteiger partial charge in [-0.3, -0.25) is 29.3 Å². The second-order valence-corrected chi connectivity index (χ2v) is 7.89. The number of benzene rings is 1. The number of fused-ring (bicyclic) bond motifs is 2. The van der Waals surface area contributed by atoms with Crippen LogP contribution in [0.5, 0.6) is 0 Å². The number of nitrogens with two attached hydrogens (primary N) is 1. The van der Waals surface area contributed by atoms with Crippen LogP contribution in [0.25, 0.3) is 0 Å². The van der Waals surface area contributed by atoms with E-state index in [-0.39, 0.29) is 24.1 Å². The van der Waals surface area contributed by atoms with Crippen molar-refractivity contribution in [1.29, 1.82) is 0 Å². The first-order valence-electron chi connectivity index (χ1n) is 9.79. The average molecular weight is 394 g/mol. The Labute approximate surface area is 167 Å². The number of hydrogen-bond donors (Lipinski definition) is 2. The number of hydrogen-bond acceptors (Lipinski definition) is 6. The molecular formula is C20H22N6O3. The predicted molar refractivity (Wildman–Crippen MR) is 103 cm³/mol. The highest BCUT2D eigenvalue weighted by atomic mass is 16.2. The molecule has 2 aromatic rings. The summed E-state index contributed by atoms with van der Waals surface area (Å²) in [5.41, 5.74) is 9.51. The van der Waals surface area contributed by atoms with E-state index < -0.39 is 6.04 Å². The molecule has 0 aliphatic carbocycles. The lowest BCUT2D eigenvalue weighted by Crippen LogP contribution is -2.52. The maximum Gasteiger partial charge on any atom is 0.255 e. The molecule has 4 heterocycles. The second kappa shape index (κ2) is 6.70. The number of nitrogens with zero attached hydrogens (tertiary/aromatic N) is 4. The fourth-order valence-corrected chi connectivity index (χ4v) is 4.44. The van der Waals surface area contributed by atoms with E-state index in [1.54, 1.807) is 4.90 Å². The lowest BCUT2D eigenvalue weighted by atomic mass is 10.0. The number of imide groups is 1. The van der Waals surface area contributed by atoms with Crippen molar-refractivity contribution in [1.82, 2.24) is 24.9 Å². The van der Waals surface area contributed by atoms with Crippen molar-refractivity contribution in [3.8, 4) is 0 Å². The second-order valence-electron chi connectivity index (χ2n) is 7.89. The molecule has 3 amide bonds. The van der Waals surface area contributed by atoms with Gasteiger partial charge in [0.25, 0.3) is 5.91 Å². The van der Waals surface area contributed by atoms with Crippen LogP contribution in [0, 0.1) is 0 Å². The van der Waals surface area contributed by atoms with Crippen LogP contribution < -0.4 is 11.1 Å². The summed E-state index contributed by atoms with van der Waals surface area (Å²) in [6, 6.07) is 7.27. The van der Waals surface area contributed by atoms with Crippen molar-refractivity contribution < 1.29 is 14.4 Å². The highest BCUT2D eigenvalue weighted by Crippen LogP contribution is 2.29. The van der Waals surface area contributed by atoms with Crippen molar-refractivity contribution in [2.45, 2.75) is 45.1 Å². The summed E-state index contributed by atoms with van der Waals surface area (Å²) >= 11 is 0. The van der Waals surface area contributed by atoms with E-state index in [0.717, 1.165) is 43.0 Å². The zero-order valence-electron chi connectivity index (χ0n) is 15.9. The van der Waals surface area contributed by atoms with Crippen LogP contribution in [-0.4, -0.2) is 49.9 Å². The van der Waals surface area contributed by atoms with Gasteiger partial charge in [0, 0.05) is 44.2 Å². The number of nitrogen functional groups attached to an aromatic ring is 1. The molecule has 9 heteroatoms. The first-order valence-corrected chi connectivity index (χ1v) is 9.79. The summed E-state index contributed by atoms with van der Waals surface area (Å²) in [5, 5.41) is 6.61. The van der Waals surface area contributed by atoms with Gasteiger partial charge >= 0.3 is 0 Å². The molecule has 0 bridgehead atoms. The van der Waals surface area contributed by atoms with Crippen molar-refractivity contribution in [3.63, 3.8) is 0 Å². The third-order valence-corrected chi connectivity index (χ3v) is 5.89. The van der Waals surface area contributed by atoms with Crippen molar-refractivity contribution in [3.05, 3.63) is 46.6 Å². The third kappa shape index (κ3) is 3.17. The summed E-state index contributed by atoms with van der Waals surface area (Å²) in [6.45, 7) is 3.55. The van der Waals surface area contributed by atoms with E-state index in [9.17, 15) is 14.4 Å². The Bertz CT molecular complexity index is 1030. The van der Waals surface area contributed by atoms with Crippen LogP contribution in [-0.2, 0) is 35.8 Å². The van der Waals surface area contributed by atoms with Crippen LogP contribution in [0.4, 0.5) is 5.82 Å². The van der Waals surface area contributed by atoms with Crippen molar-refractivity contribution in [2.75, 3.05) is 12.3 Å². The fraction of sp³-hybridized carbons (Fsp3) is 0.400. The predicted octanol–water partition coefficient (Wildman–Crippen LogP) is 0.242. The fourth-order valence-electron chi connectivity index (χ4n) is 4.44. The topological polar surface area (TPSA) is 114 Å². The monoisotopic (exact) mass is 394 g/mol. The number of carbonyl (C=O) groups excluding carboxylic acids is 3. The molecule has 3 aliphatic heterocycles. The van der Waals surface area contributed by atoms with E-state index >= 15 is 0 Å². The molecule has 1 unspecified atom stereocenters. The lowest BCUT2D eigenvalue weighted by molar-refractivity contribution is -0.136. The first-order chi connectivity index (χ1) is 14.0.